The molecule has 1 heterocycles. The van der Waals surface area contributed by atoms with Crippen LogP contribution in [0.5, 0.6) is 0 Å². The first kappa shape index (κ1) is 18.2. The van der Waals surface area contributed by atoms with Gasteiger partial charge in [-0.2, -0.15) is 0 Å². The van der Waals surface area contributed by atoms with Gasteiger partial charge in [0.15, 0.2) is 0 Å². The minimum atomic E-state index is -0.706. The van der Waals surface area contributed by atoms with Crippen LogP contribution < -0.4 is 0 Å². The van der Waals surface area contributed by atoms with E-state index in [2.05, 4.69) is 24.3 Å². The van der Waals surface area contributed by atoms with Crippen LogP contribution in [0.15, 0.2) is 48.5 Å². The van der Waals surface area contributed by atoms with Crippen LogP contribution >= 0.6 is 0 Å². The molecule has 5 nitrogen and oxygen atoms in total. The molecule has 1 N–H and O–H groups in total. The highest BCUT2D eigenvalue weighted by atomic mass is 16.6. The second-order valence-electron chi connectivity index (χ2n) is 8.58. The van der Waals surface area contributed by atoms with Crippen molar-refractivity contribution in [1.29, 1.82) is 0 Å². The Morgan fingerprint density at radius 2 is 1.55 bits per heavy atom. The van der Waals surface area contributed by atoms with Gasteiger partial charge in [0.25, 0.3) is 0 Å². The number of aliphatic carboxylic acids is 1. The lowest BCUT2D eigenvalue weighted by Crippen LogP contribution is -2.31. The number of hydrogen-bond donors (Lipinski definition) is 1. The maximum atomic E-state index is 12.8. The quantitative estimate of drug-likeness (QED) is 0.844. The summed E-state index contributed by atoms with van der Waals surface area (Å²) in [5.74, 6) is -0.217. The van der Waals surface area contributed by atoms with Crippen molar-refractivity contribution in [2.75, 3.05) is 19.7 Å². The van der Waals surface area contributed by atoms with Crippen LogP contribution in [0.2, 0.25) is 0 Å². The lowest BCUT2D eigenvalue weighted by Gasteiger charge is -2.27. The van der Waals surface area contributed by atoms with Crippen LogP contribution in [0.4, 0.5) is 4.79 Å². The average Bonchev–Trinajstić information content (AvgIpc) is 3.31. The third-order valence-electron chi connectivity index (χ3n) is 6.99. The summed E-state index contributed by atoms with van der Waals surface area (Å²) in [7, 11) is 0. The van der Waals surface area contributed by atoms with Gasteiger partial charge in [0.05, 0.1) is 5.92 Å². The van der Waals surface area contributed by atoms with E-state index < -0.39 is 5.97 Å². The fraction of sp³-hybridized carbons (Fsp3) is 0.417. The molecule has 3 aliphatic rings. The molecule has 1 saturated heterocycles. The minimum absolute atomic E-state index is 0.0626. The highest BCUT2D eigenvalue weighted by Gasteiger charge is 2.42. The zero-order valence-corrected chi connectivity index (χ0v) is 16.3. The average molecular weight is 391 g/mol. The fourth-order valence-electron chi connectivity index (χ4n) is 5.49. The van der Waals surface area contributed by atoms with Crippen molar-refractivity contribution in [3.63, 3.8) is 0 Å². The summed E-state index contributed by atoms with van der Waals surface area (Å²) < 4.78 is 5.77. The van der Waals surface area contributed by atoms with Gasteiger partial charge in [-0.15, -0.1) is 0 Å². The zero-order valence-electron chi connectivity index (χ0n) is 16.3. The van der Waals surface area contributed by atoms with Crippen LogP contribution in [0.3, 0.4) is 0 Å². The topological polar surface area (TPSA) is 66.8 Å². The molecule has 0 aromatic heterocycles. The van der Waals surface area contributed by atoms with E-state index in [1.165, 1.54) is 22.3 Å². The molecule has 0 radical (unpaired) electrons. The number of carboxylic acid groups (broad SMARTS) is 1. The third kappa shape index (κ3) is 3.18. The van der Waals surface area contributed by atoms with Gasteiger partial charge in [0.2, 0.25) is 0 Å². The highest BCUT2D eigenvalue weighted by molar-refractivity contribution is 5.79. The maximum absolute atomic E-state index is 12.8. The molecule has 2 fully saturated rings. The minimum Gasteiger partial charge on any atom is -0.481 e. The van der Waals surface area contributed by atoms with Crippen molar-refractivity contribution in [3.8, 4) is 11.1 Å². The van der Waals surface area contributed by atoms with Crippen molar-refractivity contribution >= 4 is 12.1 Å². The van der Waals surface area contributed by atoms with E-state index in [1.54, 1.807) is 4.90 Å². The van der Waals surface area contributed by atoms with Gasteiger partial charge in [-0.05, 0) is 53.4 Å². The zero-order chi connectivity index (χ0) is 20.0. The maximum Gasteiger partial charge on any atom is 0.409 e. The van der Waals surface area contributed by atoms with E-state index in [4.69, 9.17) is 4.74 Å². The number of carbonyl (C=O) groups excluding carboxylic acids is 1. The molecule has 0 spiro atoms. The van der Waals surface area contributed by atoms with Crippen molar-refractivity contribution in [1.82, 2.24) is 4.90 Å². The first-order valence-corrected chi connectivity index (χ1v) is 10.4. The fourth-order valence-corrected chi connectivity index (χ4v) is 5.49. The lowest BCUT2D eigenvalue weighted by atomic mass is 9.76. The predicted octanol–water partition coefficient (Wildman–Crippen LogP) is 4.37. The van der Waals surface area contributed by atoms with Gasteiger partial charge in [-0.1, -0.05) is 48.5 Å². The molecular weight excluding hydrogens is 366 g/mol. The molecule has 5 heteroatoms. The highest BCUT2D eigenvalue weighted by Crippen LogP contribution is 2.45. The molecule has 29 heavy (non-hydrogen) atoms. The van der Waals surface area contributed by atoms with Crippen molar-refractivity contribution in [3.05, 3.63) is 59.7 Å². The number of fused-ring (bicyclic) bond motifs is 4. The number of carboxylic acids is 1. The van der Waals surface area contributed by atoms with E-state index in [-0.39, 0.29) is 23.8 Å². The molecule has 3 atom stereocenters. The predicted molar refractivity (Wildman–Crippen MR) is 109 cm³/mol. The summed E-state index contributed by atoms with van der Waals surface area (Å²) in [6.45, 7) is 1.63. The normalized spacial score (nSPS) is 25.2. The number of likely N-dealkylation sites (tertiary alicyclic amines) is 1. The van der Waals surface area contributed by atoms with E-state index in [0.29, 0.717) is 32.0 Å². The number of benzene rings is 2. The van der Waals surface area contributed by atoms with Crippen LogP contribution in [-0.4, -0.2) is 41.8 Å². The first-order chi connectivity index (χ1) is 14.1. The lowest BCUT2D eigenvalue weighted by molar-refractivity contribution is -0.143. The molecule has 0 bridgehead atoms. The summed E-state index contributed by atoms with van der Waals surface area (Å²) in [5.41, 5.74) is 4.86. The summed E-state index contributed by atoms with van der Waals surface area (Å²) in [6, 6.07) is 16.6. The van der Waals surface area contributed by atoms with Crippen molar-refractivity contribution in [2.24, 2.45) is 17.8 Å². The Bertz CT molecular complexity index is 910. The number of carbonyl (C=O) groups is 2. The summed E-state index contributed by atoms with van der Waals surface area (Å²) >= 11 is 0. The van der Waals surface area contributed by atoms with Crippen LogP contribution in [0.25, 0.3) is 11.1 Å². The SMILES string of the molecule is O=C(O)C1CCC2CN(C(=O)OCC3c4ccccc4-c4ccccc43)CC2C1. The van der Waals surface area contributed by atoms with Gasteiger partial charge < -0.3 is 14.7 Å². The van der Waals surface area contributed by atoms with Crippen LogP contribution in [-0.2, 0) is 9.53 Å². The first-order valence-electron chi connectivity index (χ1n) is 10.4. The molecule has 1 amide bonds. The van der Waals surface area contributed by atoms with Crippen LogP contribution in [0, 0.1) is 17.8 Å². The van der Waals surface area contributed by atoms with Gasteiger partial charge >= 0.3 is 12.1 Å². The second kappa shape index (κ2) is 7.21. The number of ether oxygens (including phenoxy) is 1. The monoisotopic (exact) mass is 391 g/mol. The molecule has 5 rings (SSSR count). The summed E-state index contributed by atoms with van der Waals surface area (Å²) in [6.07, 6.45) is 2.00. The third-order valence-corrected chi connectivity index (χ3v) is 6.99. The van der Waals surface area contributed by atoms with E-state index in [9.17, 15) is 14.7 Å². The van der Waals surface area contributed by atoms with E-state index in [0.717, 1.165) is 12.8 Å². The Hall–Kier alpha value is -2.82. The van der Waals surface area contributed by atoms with Crippen molar-refractivity contribution in [2.45, 2.75) is 25.2 Å². The van der Waals surface area contributed by atoms with Gasteiger partial charge in [-0.3, -0.25) is 4.79 Å². The van der Waals surface area contributed by atoms with Crippen molar-refractivity contribution < 1.29 is 19.4 Å². The number of hydrogen-bond acceptors (Lipinski definition) is 3. The molecule has 1 aliphatic heterocycles. The van der Waals surface area contributed by atoms with Gasteiger partial charge in [-0.25, -0.2) is 4.79 Å². The Balaban J connectivity index is 1.26. The Kier molecular flexibility index (Phi) is 4.53. The smallest absolute Gasteiger partial charge is 0.409 e. The molecule has 2 aromatic carbocycles. The standard InChI is InChI=1S/C24H25NO4/c26-23(27)15-9-10-16-12-25(13-17(16)11-15)24(28)29-14-22-20-7-3-1-5-18(20)19-6-2-4-8-21(19)22/h1-8,15-17,22H,9-14H2,(H,26,27). The Labute approximate surface area is 170 Å². The molecule has 2 aliphatic carbocycles. The number of amides is 1. The Morgan fingerprint density at radius 1 is 0.931 bits per heavy atom. The molecule has 150 valence electrons. The second-order valence-corrected chi connectivity index (χ2v) is 8.58. The van der Waals surface area contributed by atoms with Crippen LogP contribution in [0.1, 0.15) is 36.3 Å². The molecule has 1 saturated carbocycles. The molecule has 2 aromatic rings. The summed E-state index contributed by atoms with van der Waals surface area (Å²) in [4.78, 5) is 25.9. The van der Waals surface area contributed by atoms with Gasteiger partial charge in [0, 0.05) is 19.0 Å². The van der Waals surface area contributed by atoms with Gasteiger partial charge in [0.1, 0.15) is 6.61 Å². The summed E-state index contributed by atoms with van der Waals surface area (Å²) in [5, 5.41) is 9.29. The van der Waals surface area contributed by atoms with E-state index in [1.807, 2.05) is 24.3 Å². The Morgan fingerprint density at radius 3 is 2.21 bits per heavy atom. The number of nitrogens with zero attached hydrogens (tertiary/aromatic N) is 1. The molecular formula is C24H25NO4. The largest absolute Gasteiger partial charge is 0.481 e. The van der Waals surface area contributed by atoms with E-state index >= 15 is 0 Å². The molecule has 3 unspecified atom stereocenters. The number of rotatable bonds is 3.